The summed E-state index contributed by atoms with van der Waals surface area (Å²) in [6, 6.07) is 6.20. The van der Waals surface area contributed by atoms with Crippen molar-refractivity contribution in [1.29, 1.82) is 0 Å². The molecule has 3 aliphatic rings. The number of benzene rings is 1. The summed E-state index contributed by atoms with van der Waals surface area (Å²) in [5.41, 5.74) is 1.72. The van der Waals surface area contributed by atoms with Crippen LogP contribution in [0.2, 0.25) is 0 Å². The fraction of sp³-hybridized carbons (Fsp3) is 0.630. The quantitative estimate of drug-likeness (QED) is 0.253. The Labute approximate surface area is 232 Å². The van der Waals surface area contributed by atoms with Crippen LogP contribution in [0, 0.1) is 17.7 Å². The minimum atomic E-state index is -0.517. The van der Waals surface area contributed by atoms with E-state index in [0.29, 0.717) is 31.1 Å². The van der Waals surface area contributed by atoms with Crippen molar-refractivity contribution in [3.05, 3.63) is 47.3 Å². The van der Waals surface area contributed by atoms with Gasteiger partial charge in [-0.15, -0.1) is 24.8 Å². The average molecular weight is 562 g/mol. The Bertz CT molecular complexity index is 907. The zero-order valence-corrected chi connectivity index (χ0v) is 23.5. The van der Waals surface area contributed by atoms with Crippen LogP contribution >= 0.6 is 37.4 Å². The van der Waals surface area contributed by atoms with Crippen molar-refractivity contribution >= 4 is 49.2 Å². The molecule has 3 fully saturated rings. The van der Waals surface area contributed by atoms with Gasteiger partial charge in [-0.1, -0.05) is 24.3 Å². The first-order chi connectivity index (χ1) is 16.5. The van der Waals surface area contributed by atoms with E-state index in [1.165, 1.54) is 11.6 Å². The number of ether oxygens (including phenoxy) is 1. The van der Waals surface area contributed by atoms with Gasteiger partial charge in [-0.3, -0.25) is 19.4 Å². The number of nitrogens with zero attached hydrogens (tertiary/aromatic N) is 2. The number of hydrogen-bond donors (Lipinski definition) is 1. The van der Waals surface area contributed by atoms with Crippen molar-refractivity contribution in [2.45, 2.75) is 56.7 Å². The first-order valence-corrected chi connectivity index (χ1v) is 13.2. The summed E-state index contributed by atoms with van der Waals surface area (Å²) >= 11 is 4.82. The van der Waals surface area contributed by atoms with Crippen molar-refractivity contribution in [3.63, 3.8) is 0 Å². The molecule has 0 bridgehead atoms. The molecule has 2 atom stereocenters. The van der Waals surface area contributed by atoms with Gasteiger partial charge in [0.05, 0.1) is 12.6 Å². The van der Waals surface area contributed by atoms with Crippen LogP contribution in [0.3, 0.4) is 0 Å². The normalized spacial score (nSPS) is 23.4. The number of esters is 1. The number of rotatable bonds is 9. The number of likely N-dealkylation sites (tertiary alicyclic amines) is 2. The number of piperidine rings is 2. The molecular weight excluding hydrogens is 522 g/mol. The van der Waals surface area contributed by atoms with Crippen molar-refractivity contribution in [2.24, 2.45) is 11.8 Å². The summed E-state index contributed by atoms with van der Waals surface area (Å²) in [6.07, 6.45) is 7.47. The minimum Gasteiger partial charge on any atom is -0.466 e. The maximum absolute atomic E-state index is 14.7. The van der Waals surface area contributed by atoms with Crippen molar-refractivity contribution < 1.29 is 18.7 Å². The molecule has 2 aliphatic heterocycles. The van der Waals surface area contributed by atoms with Crippen molar-refractivity contribution in [1.82, 2.24) is 9.80 Å². The molecule has 0 aromatic heterocycles. The Balaban J connectivity index is 0.00000228. The van der Waals surface area contributed by atoms with Crippen LogP contribution in [0.1, 0.15) is 57.1 Å². The molecule has 2 saturated heterocycles. The largest absolute Gasteiger partial charge is 0.466 e. The summed E-state index contributed by atoms with van der Waals surface area (Å²) in [4.78, 5) is 29.5. The number of carbonyl (C=O) groups is 2. The highest BCUT2D eigenvalue weighted by Crippen LogP contribution is 2.39. The molecule has 202 valence electrons. The van der Waals surface area contributed by atoms with Crippen molar-refractivity contribution in [3.8, 4) is 0 Å². The van der Waals surface area contributed by atoms with Crippen LogP contribution in [0.15, 0.2) is 35.9 Å². The Morgan fingerprint density at radius 3 is 2.44 bits per heavy atom. The lowest BCUT2D eigenvalue weighted by Crippen LogP contribution is -2.43. The van der Waals surface area contributed by atoms with Crippen LogP contribution in [-0.4, -0.2) is 66.1 Å². The molecule has 2 heterocycles. The fourth-order valence-electron chi connectivity index (χ4n) is 5.21. The second-order valence-electron chi connectivity index (χ2n) is 9.91. The maximum atomic E-state index is 14.7. The molecule has 1 aliphatic carbocycles. The molecule has 5 nitrogen and oxygen atoms in total. The van der Waals surface area contributed by atoms with Gasteiger partial charge < -0.3 is 4.74 Å². The molecule has 2 unspecified atom stereocenters. The molecule has 1 aromatic rings. The SMILES string of the molecule is CCOC(=O)CC1CCN(C/C=C2\CN(C(C(=O)C3CC3)c3ccccc3F)CCC2S)CC1.Cl.Cl. The molecule has 0 N–H and O–H groups in total. The number of ketones is 1. The van der Waals surface area contributed by atoms with Gasteiger partial charge >= 0.3 is 5.97 Å². The lowest BCUT2D eigenvalue weighted by molar-refractivity contribution is -0.144. The van der Waals surface area contributed by atoms with Gasteiger partial charge in [-0.2, -0.15) is 12.6 Å². The second kappa shape index (κ2) is 14.7. The van der Waals surface area contributed by atoms with E-state index in [9.17, 15) is 14.0 Å². The topological polar surface area (TPSA) is 49.9 Å². The summed E-state index contributed by atoms with van der Waals surface area (Å²) in [5, 5.41) is 0.162. The van der Waals surface area contributed by atoms with Gasteiger partial charge in [-0.25, -0.2) is 4.39 Å². The minimum absolute atomic E-state index is 0. The smallest absolute Gasteiger partial charge is 0.306 e. The van der Waals surface area contributed by atoms with Crippen LogP contribution in [0.25, 0.3) is 0 Å². The van der Waals surface area contributed by atoms with Gasteiger partial charge in [0.15, 0.2) is 5.78 Å². The van der Waals surface area contributed by atoms with E-state index in [1.807, 2.05) is 13.0 Å². The van der Waals surface area contributed by atoms with Gasteiger partial charge in [0.1, 0.15) is 5.82 Å². The van der Waals surface area contributed by atoms with E-state index in [0.717, 1.165) is 58.3 Å². The first-order valence-electron chi connectivity index (χ1n) is 12.7. The van der Waals surface area contributed by atoms with E-state index in [1.54, 1.807) is 12.1 Å². The zero-order valence-electron chi connectivity index (χ0n) is 20.9. The third-order valence-electron chi connectivity index (χ3n) is 7.40. The highest BCUT2D eigenvalue weighted by Gasteiger charge is 2.40. The molecule has 0 amide bonds. The average Bonchev–Trinajstić information content (AvgIpc) is 3.67. The van der Waals surface area contributed by atoms with Crippen LogP contribution in [-0.2, 0) is 14.3 Å². The Hall–Kier alpha value is -1.12. The Kier molecular flexibility index (Phi) is 12.7. The summed E-state index contributed by atoms with van der Waals surface area (Å²) in [5.74, 6) is 0.243. The highest BCUT2D eigenvalue weighted by molar-refractivity contribution is 7.81. The Morgan fingerprint density at radius 1 is 1.11 bits per heavy atom. The van der Waals surface area contributed by atoms with Gasteiger partial charge in [0, 0.05) is 42.8 Å². The van der Waals surface area contributed by atoms with E-state index >= 15 is 0 Å². The van der Waals surface area contributed by atoms with E-state index < -0.39 is 6.04 Å². The summed E-state index contributed by atoms with van der Waals surface area (Å²) < 4.78 is 19.8. The zero-order chi connectivity index (χ0) is 24.1. The third-order valence-corrected chi connectivity index (χ3v) is 7.99. The second-order valence-corrected chi connectivity index (χ2v) is 10.5. The third kappa shape index (κ3) is 8.19. The van der Waals surface area contributed by atoms with E-state index in [-0.39, 0.29) is 53.6 Å². The predicted octanol–water partition coefficient (Wildman–Crippen LogP) is 5.29. The Morgan fingerprint density at radius 2 is 1.81 bits per heavy atom. The predicted molar refractivity (Wildman–Crippen MR) is 149 cm³/mol. The maximum Gasteiger partial charge on any atom is 0.306 e. The monoisotopic (exact) mass is 560 g/mol. The number of hydrogen-bond acceptors (Lipinski definition) is 6. The van der Waals surface area contributed by atoms with Gasteiger partial charge in [0.25, 0.3) is 0 Å². The fourth-order valence-corrected chi connectivity index (χ4v) is 5.51. The molecule has 0 spiro atoms. The standard InChI is InChI=1S/C27H37FN2O3S.2ClH/c1-2-33-25(31)17-19-9-13-29(14-10-19)15-11-21-18-30(16-12-24(21)34)26(27(32)20-7-8-20)22-5-3-4-6-23(22)28;;/h3-6,11,19-20,24,26,34H,2,7-10,12-18H2,1H3;2*1H/b21-11+;;. The van der Waals surface area contributed by atoms with Crippen molar-refractivity contribution in [2.75, 3.05) is 39.3 Å². The molecule has 1 saturated carbocycles. The molecule has 1 aromatic carbocycles. The van der Waals surface area contributed by atoms with Crippen LogP contribution in [0.4, 0.5) is 4.39 Å². The molecule has 36 heavy (non-hydrogen) atoms. The first kappa shape index (κ1) is 31.1. The van der Waals surface area contributed by atoms with Gasteiger partial charge in [0.2, 0.25) is 0 Å². The summed E-state index contributed by atoms with van der Waals surface area (Å²) in [6.45, 7) is 6.44. The lowest BCUT2D eigenvalue weighted by Gasteiger charge is -2.38. The van der Waals surface area contributed by atoms with E-state index in [2.05, 4.69) is 15.9 Å². The molecule has 9 heteroatoms. The molecule has 4 rings (SSSR count). The van der Waals surface area contributed by atoms with Gasteiger partial charge in [-0.05, 0) is 69.7 Å². The highest BCUT2D eigenvalue weighted by atomic mass is 35.5. The number of Topliss-reactive ketones (excluding diaryl/α,β-unsaturated/α-hetero) is 1. The molecular formula is C27H39Cl2FN2O3S. The van der Waals surface area contributed by atoms with E-state index in [4.69, 9.17) is 17.4 Å². The number of halogens is 3. The molecule has 0 radical (unpaired) electrons. The number of carbonyl (C=O) groups excluding carboxylic acids is 2. The summed E-state index contributed by atoms with van der Waals surface area (Å²) in [7, 11) is 0. The van der Waals surface area contributed by atoms with Crippen LogP contribution < -0.4 is 0 Å². The number of thiol groups is 1. The van der Waals surface area contributed by atoms with Crippen LogP contribution in [0.5, 0.6) is 0 Å². The lowest BCUT2D eigenvalue weighted by atomic mass is 9.92.